The molecule has 30 nitrogen and oxygen atoms in total. The predicted octanol–water partition coefficient (Wildman–Crippen LogP) is 24.3. The van der Waals surface area contributed by atoms with Crippen LogP contribution in [0.2, 0.25) is 0 Å². The number of benzene rings is 12. The minimum absolute atomic E-state index is 0. The number of halogens is 14. The Labute approximate surface area is 867 Å². The van der Waals surface area contributed by atoms with Crippen LogP contribution in [0.4, 0.5) is 85.0 Å². The molecule has 2 radical (unpaired) electrons. The van der Waals surface area contributed by atoms with E-state index < -0.39 is 77.4 Å². The number of carboxylic acid groups (broad SMARTS) is 1. The van der Waals surface area contributed by atoms with Crippen LogP contribution in [0, 0.1) is 116 Å². The van der Waals surface area contributed by atoms with Gasteiger partial charge in [-0.1, -0.05) is 199 Å². The number of nitrogens with two attached hydrogens (primary N) is 2. The number of anilines is 4. The van der Waals surface area contributed by atoms with Gasteiger partial charge < -0.3 is 42.3 Å². The summed E-state index contributed by atoms with van der Waals surface area (Å²) in [5.41, 5.74) is 24.3. The fourth-order valence-electron chi connectivity index (χ4n) is 13.4. The molecular weight excluding hydrogens is 2250 g/mol. The van der Waals surface area contributed by atoms with Gasteiger partial charge in [0.15, 0.2) is 17.1 Å². The van der Waals surface area contributed by atoms with Crippen molar-refractivity contribution < 1.29 is 84.6 Å². The molecule has 3 aromatic heterocycles. The number of nitrogen functional groups attached to an aromatic ring is 2. The van der Waals surface area contributed by atoms with Gasteiger partial charge in [-0.15, -0.1) is 0 Å². The first-order valence-electron chi connectivity index (χ1n) is 41.8. The summed E-state index contributed by atoms with van der Waals surface area (Å²) < 4.78 is 123. The van der Waals surface area contributed by atoms with Gasteiger partial charge in [-0.2, -0.15) is 70.6 Å². The molecule has 0 aliphatic carbocycles. The topological polar surface area (TPSA) is 474 Å². The van der Waals surface area contributed by atoms with Crippen LogP contribution in [0.25, 0.3) is 50.4 Å². The molecule has 0 fully saturated rings. The molecule has 15 rings (SSSR count). The van der Waals surface area contributed by atoms with Gasteiger partial charge in [0.1, 0.15) is 11.4 Å². The summed E-state index contributed by atoms with van der Waals surface area (Å²) >= 11 is 8.57. The Morgan fingerprint density at radius 1 is 0.455 bits per heavy atom. The molecule has 750 valence electrons. The number of aromatic nitrogens is 6. The summed E-state index contributed by atoms with van der Waals surface area (Å²) in [5, 5.41) is 110. The van der Waals surface area contributed by atoms with Crippen LogP contribution >= 0.6 is 65.6 Å². The fourth-order valence-corrected chi connectivity index (χ4v) is 14.5. The molecule has 10 N–H and O–H groups in total. The Morgan fingerprint density at radius 3 is 1.16 bits per heavy atom. The Bertz CT molecular complexity index is 7150. The first-order chi connectivity index (χ1) is 68.0. The normalized spacial score (nSPS) is 10.4. The molecule has 0 aliphatic rings. The molecular formula is C99H86BBr3Cl2F9N17O13Sn. The molecule has 0 atom stereocenters. The molecule has 12 aromatic carbocycles. The number of nitro benzene ring substituents is 4. The predicted molar refractivity (Wildman–Crippen MR) is 550 cm³/mol. The average molecular weight is 2330 g/mol. The Kier molecular flexibility index (Phi) is 45.6. The second-order valence-electron chi connectivity index (χ2n) is 30.6. The Morgan fingerprint density at radius 2 is 0.793 bits per heavy atom. The van der Waals surface area contributed by atoms with E-state index in [9.17, 15) is 85.2 Å². The van der Waals surface area contributed by atoms with E-state index in [0.29, 0.717) is 66.2 Å². The minimum atomic E-state index is -4.69. The zero-order chi connectivity index (χ0) is 107. The van der Waals surface area contributed by atoms with Crippen molar-refractivity contribution in [3.8, 4) is 68.7 Å². The average Bonchev–Trinajstić information content (AvgIpc) is 1.64. The van der Waals surface area contributed by atoms with Crippen LogP contribution in [-0.2, 0) is 41.7 Å². The summed E-state index contributed by atoms with van der Waals surface area (Å²) in [6.07, 6.45) is -13.8. The summed E-state index contributed by atoms with van der Waals surface area (Å²) in [5.74, 6) is -0.833. The maximum atomic E-state index is 13.5. The number of carboxylic acids is 1. The zero-order valence-electron chi connectivity index (χ0n) is 77.5. The molecule has 0 bridgehead atoms. The summed E-state index contributed by atoms with van der Waals surface area (Å²) in [7, 11) is 10.1. The number of nitrogens with one attached hydrogen (secondary N) is 1. The van der Waals surface area contributed by atoms with Gasteiger partial charge in [0.25, 0.3) is 28.7 Å². The van der Waals surface area contributed by atoms with Crippen molar-refractivity contribution in [2.24, 2.45) is 0 Å². The van der Waals surface area contributed by atoms with E-state index in [1.165, 1.54) is 68.9 Å². The third kappa shape index (κ3) is 35.3. The van der Waals surface area contributed by atoms with Crippen LogP contribution in [0.1, 0.15) is 91.2 Å². The van der Waals surface area contributed by atoms with Crippen molar-refractivity contribution in [2.75, 3.05) is 28.7 Å². The number of hydrogen-bond donors (Lipinski definition) is 6. The molecule has 0 amide bonds. The molecule has 15 aromatic rings. The number of nitro groups is 4. The molecule has 3 heterocycles. The quantitative estimate of drug-likeness (QED) is 0.0116. The Balaban J connectivity index is 0.000000268. The third-order valence-electron chi connectivity index (χ3n) is 20.3. The summed E-state index contributed by atoms with van der Waals surface area (Å²) in [6, 6.07) is 83.0. The van der Waals surface area contributed by atoms with Crippen molar-refractivity contribution >= 4 is 149 Å². The van der Waals surface area contributed by atoms with Gasteiger partial charge in [0, 0.05) is 63.6 Å². The molecule has 0 unspecified atom stereocenters. The number of rotatable bonds is 18. The first-order valence-corrected chi connectivity index (χ1v) is 51.7. The van der Waals surface area contributed by atoms with E-state index in [-0.39, 0.29) is 90.5 Å². The molecule has 0 saturated heterocycles. The van der Waals surface area contributed by atoms with Gasteiger partial charge in [-0.25, -0.2) is 14.0 Å². The van der Waals surface area contributed by atoms with Gasteiger partial charge in [-0.3, -0.25) is 45.3 Å². The molecule has 0 saturated carbocycles. The number of alkyl halides is 10. The van der Waals surface area contributed by atoms with Crippen molar-refractivity contribution in [1.82, 2.24) is 29.3 Å². The number of carbonyl (C=O) groups is 1. The first kappa shape index (κ1) is 119. The van der Waals surface area contributed by atoms with E-state index in [1.807, 2.05) is 149 Å². The van der Waals surface area contributed by atoms with Crippen molar-refractivity contribution in [1.29, 1.82) is 15.8 Å². The number of hydrogen-bond acceptors (Lipinski definition) is 21. The summed E-state index contributed by atoms with van der Waals surface area (Å²) in [6.45, 7) is 12.2. The van der Waals surface area contributed by atoms with E-state index in [1.54, 1.807) is 124 Å². The van der Waals surface area contributed by atoms with Gasteiger partial charge in [0.05, 0.1) is 113 Å². The molecule has 46 heteroatoms. The van der Waals surface area contributed by atoms with Gasteiger partial charge in [-0.05, 0) is 206 Å². The molecule has 0 spiro atoms. The number of nitriles is 3. The van der Waals surface area contributed by atoms with Gasteiger partial charge >= 0.3 is 62.4 Å². The third-order valence-corrected chi connectivity index (χ3v) is 21.9. The number of nitrogens with zero attached hydrogens (tertiary/aromatic N) is 14. The monoisotopic (exact) mass is 2330 g/mol. The van der Waals surface area contributed by atoms with Crippen LogP contribution in [0.15, 0.2) is 288 Å². The van der Waals surface area contributed by atoms with E-state index >= 15 is 0 Å². The second kappa shape index (κ2) is 55.7. The van der Waals surface area contributed by atoms with Gasteiger partial charge in [0.2, 0.25) is 0 Å². The second-order valence-corrected chi connectivity index (χ2v) is 37.2. The zero-order valence-corrected chi connectivity index (χ0v) is 86.6. The molecule has 145 heavy (non-hydrogen) atoms. The summed E-state index contributed by atoms with van der Waals surface area (Å²) in [4.78, 5) is 52.2. The van der Waals surface area contributed by atoms with Crippen LogP contribution in [0.5, 0.6) is 0 Å². The van der Waals surface area contributed by atoms with E-state index in [4.69, 9.17) is 59.8 Å². The number of aliphatic carboxylic acids is 1. The Hall–Kier alpha value is -14.9. The van der Waals surface area contributed by atoms with Crippen molar-refractivity contribution in [3.63, 3.8) is 0 Å². The maximum absolute atomic E-state index is 13.5. The van der Waals surface area contributed by atoms with Crippen LogP contribution in [0.3, 0.4) is 0 Å². The van der Waals surface area contributed by atoms with E-state index in [2.05, 4.69) is 68.4 Å². The standard InChI is InChI=1S/C26H20F3N5O2.C25H20F3N5.C14H13NO2.C12H7BrF3N3.C7H9BO2.C7H6BrNO2.C6H5BrN2O2.C2H4O2.2ClH.H2O.Sn/c1-17-6-3-4-9-22(17)19-10-11-23(24(13-19)34(35)36)32(2)16-21-14-25(26(27,28)29)31-33(21)20-8-5-7-18(12-20)15-30;1-16-5-2-3-8-21(16)18-9-10-23(22(30)12-18)31-15-20-13-24(25(26,27)28)32-33(20)19-7-4-6-17(11-19)14-29;1-10-5-3-4-6-13(10)12-8-7-11(2)14(9-12)15(16)17;13-6-10-5-11(12(14,15)16)18-19(10)9-3-1-2-8(4-9)7-17;1-6-4-2-3-5-7(6)8(9)10;1-5-2-3-6(8)4-7(5)9(10)11;7-4-1-2-5(8)6(3-4)9(10)11;1-2(3)4;;;;/h3-14H,16H2,1-2H3;2-13,31H,15,30H2,1H3;3-9H,1-2H3;1-5H,6H2;2-5,9-10H,1H3;2-4H,1H3;1-3H,8H2;1H3,(H,3,4);2*1H;1H2;/q;;;;;;;;;;;+2/p-2. The SMILES string of the molecule is CC(=O)O.Cc1ccc(Br)cc1[N+](=O)[O-].Cc1ccccc1-c1ccc(C)c([N+](=O)[O-])c1.Cc1ccccc1-c1ccc(N(C)Cc2cc(C(F)(F)F)nn2-c2cccc(C#N)c2)c([N+](=O)[O-])c1.Cc1ccccc1-c1ccc(NCc2cc(C(F)(F)F)nn2-c2cccc(C#N)c2)c(N)c1.Cc1ccccc1B(O)O.N#Cc1cccc(-n2nc(C(F)(F)F)cc2CBr)c1.Nc1ccc(Br)cc1[N+](=O)[O-].O.[Cl][Sn][Cl]. The number of aryl methyl sites for hydroxylation is 6. The van der Waals surface area contributed by atoms with E-state index in [0.717, 1.165) is 84.3 Å². The van der Waals surface area contributed by atoms with Crippen molar-refractivity contribution in [2.45, 2.75) is 85.4 Å². The van der Waals surface area contributed by atoms with Crippen LogP contribution < -0.4 is 27.1 Å². The van der Waals surface area contributed by atoms with Crippen LogP contribution in [-0.4, -0.2) is 109 Å². The fraction of sp³-hybridized carbons (Fsp3) is 0.141. The van der Waals surface area contributed by atoms with Crippen molar-refractivity contribution in [3.05, 3.63) is 413 Å². The molecule has 0 aliphatic heterocycles.